The number of anilines is 1. The Hall–Kier alpha value is -2.43. The molecule has 0 bridgehead atoms. The van der Waals surface area contributed by atoms with Crippen LogP contribution < -0.4 is 5.32 Å². The van der Waals surface area contributed by atoms with Gasteiger partial charge in [-0.3, -0.25) is 14.4 Å². The number of carbonyl (C=O) groups excluding carboxylic acids is 3. The fourth-order valence-corrected chi connectivity index (χ4v) is 2.57. The average Bonchev–Trinajstić information content (AvgIpc) is 2.62. The lowest BCUT2D eigenvalue weighted by molar-refractivity contribution is -0.151. The molecule has 0 aliphatic heterocycles. The number of ether oxygens (including phenoxy) is 1. The summed E-state index contributed by atoms with van der Waals surface area (Å²) in [4.78, 5) is 36.2. The number of esters is 1. The maximum Gasteiger partial charge on any atom is 0.309 e. The standard InChI is InChI=1S/C20H25NO4/c1-13(2)19(23)21-17-11-9-15(10-12-17)18(22)14(3)25-20(24)16-7-5-4-6-8-16/h4-5,9-14,16H,6-8H2,1-3H3,(H,21,23)/t14-,16-/m1/s1. The van der Waals surface area contributed by atoms with Crippen molar-refractivity contribution in [1.82, 2.24) is 0 Å². The Morgan fingerprint density at radius 1 is 1.08 bits per heavy atom. The summed E-state index contributed by atoms with van der Waals surface area (Å²) in [5.41, 5.74) is 1.08. The van der Waals surface area contributed by atoms with Crippen molar-refractivity contribution in [3.63, 3.8) is 0 Å². The van der Waals surface area contributed by atoms with Gasteiger partial charge in [0.15, 0.2) is 6.10 Å². The second-order valence-corrected chi connectivity index (χ2v) is 6.65. The zero-order valence-corrected chi connectivity index (χ0v) is 15.0. The molecule has 5 heteroatoms. The van der Waals surface area contributed by atoms with Crippen molar-refractivity contribution >= 4 is 23.3 Å². The first-order valence-corrected chi connectivity index (χ1v) is 8.69. The number of Topliss-reactive ketones (excluding diaryl/α,β-unsaturated/α-hetero) is 1. The number of benzene rings is 1. The van der Waals surface area contributed by atoms with Crippen molar-refractivity contribution in [2.75, 3.05) is 5.32 Å². The van der Waals surface area contributed by atoms with Gasteiger partial charge in [-0.25, -0.2) is 0 Å². The molecule has 1 aromatic rings. The van der Waals surface area contributed by atoms with E-state index in [0.29, 0.717) is 17.7 Å². The minimum atomic E-state index is -0.825. The lowest BCUT2D eigenvalue weighted by Crippen LogP contribution is -2.28. The molecule has 5 nitrogen and oxygen atoms in total. The molecule has 0 unspecified atom stereocenters. The first-order valence-electron chi connectivity index (χ1n) is 8.69. The van der Waals surface area contributed by atoms with Gasteiger partial charge in [0, 0.05) is 17.2 Å². The summed E-state index contributed by atoms with van der Waals surface area (Å²) in [6, 6.07) is 6.61. The SMILES string of the molecule is CC(C)C(=O)Nc1ccc(C(=O)[C@@H](C)OC(=O)[C@@H]2CC=CCC2)cc1. The van der Waals surface area contributed by atoms with Crippen LogP contribution in [0.25, 0.3) is 0 Å². The minimum absolute atomic E-state index is 0.0806. The molecule has 0 saturated heterocycles. The summed E-state index contributed by atoms with van der Waals surface area (Å²) in [6.45, 7) is 5.21. The molecule has 1 aliphatic rings. The van der Waals surface area contributed by atoms with Crippen LogP contribution in [-0.4, -0.2) is 23.8 Å². The highest BCUT2D eigenvalue weighted by Gasteiger charge is 2.25. The molecule has 2 rings (SSSR count). The minimum Gasteiger partial charge on any atom is -0.454 e. The van der Waals surface area contributed by atoms with Gasteiger partial charge in [0.05, 0.1) is 5.92 Å². The van der Waals surface area contributed by atoms with Crippen LogP contribution in [0.1, 0.15) is 50.4 Å². The van der Waals surface area contributed by atoms with E-state index in [0.717, 1.165) is 12.8 Å². The van der Waals surface area contributed by atoms with Gasteiger partial charge in [-0.05, 0) is 50.5 Å². The van der Waals surface area contributed by atoms with Gasteiger partial charge in [-0.1, -0.05) is 26.0 Å². The number of nitrogens with one attached hydrogen (secondary N) is 1. The van der Waals surface area contributed by atoms with Crippen molar-refractivity contribution < 1.29 is 19.1 Å². The summed E-state index contributed by atoms with van der Waals surface area (Å²) < 4.78 is 5.34. The third-order valence-corrected chi connectivity index (χ3v) is 4.23. The van der Waals surface area contributed by atoms with E-state index in [1.54, 1.807) is 31.2 Å². The monoisotopic (exact) mass is 343 g/mol. The third-order valence-electron chi connectivity index (χ3n) is 4.23. The summed E-state index contributed by atoms with van der Waals surface area (Å²) >= 11 is 0. The van der Waals surface area contributed by atoms with Crippen LogP contribution in [-0.2, 0) is 14.3 Å². The lowest BCUT2D eigenvalue weighted by Gasteiger charge is -2.19. The summed E-state index contributed by atoms with van der Waals surface area (Å²) in [5.74, 6) is -0.917. The second kappa shape index (κ2) is 8.60. The summed E-state index contributed by atoms with van der Waals surface area (Å²) in [5, 5.41) is 2.77. The molecule has 1 N–H and O–H groups in total. The van der Waals surface area contributed by atoms with Gasteiger partial charge in [-0.2, -0.15) is 0 Å². The lowest BCUT2D eigenvalue weighted by atomic mass is 9.94. The molecular formula is C20H25NO4. The Labute approximate surface area is 148 Å². The van der Waals surface area contributed by atoms with Gasteiger partial charge in [-0.15, -0.1) is 0 Å². The normalized spacial score (nSPS) is 17.8. The average molecular weight is 343 g/mol. The van der Waals surface area contributed by atoms with E-state index in [4.69, 9.17) is 4.74 Å². The van der Waals surface area contributed by atoms with E-state index in [-0.39, 0.29) is 29.5 Å². The van der Waals surface area contributed by atoms with Crippen LogP contribution in [0, 0.1) is 11.8 Å². The fourth-order valence-electron chi connectivity index (χ4n) is 2.57. The molecule has 2 atom stereocenters. The topological polar surface area (TPSA) is 72.5 Å². The molecule has 0 aromatic heterocycles. The zero-order chi connectivity index (χ0) is 18.4. The maximum absolute atomic E-state index is 12.4. The Bertz CT molecular complexity index is 661. The highest BCUT2D eigenvalue weighted by molar-refractivity contribution is 6.01. The highest BCUT2D eigenvalue weighted by atomic mass is 16.5. The Kier molecular flexibility index (Phi) is 6.51. The first-order chi connectivity index (χ1) is 11.9. The van der Waals surface area contributed by atoms with E-state index in [9.17, 15) is 14.4 Å². The maximum atomic E-state index is 12.4. The quantitative estimate of drug-likeness (QED) is 0.485. The molecule has 25 heavy (non-hydrogen) atoms. The summed E-state index contributed by atoms with van der Waals surface area (Å²) in [7, 11) is 0. The fraction of sp³-hybridized carbons (Fsp3) is 0.450. The Balaban J connectivity index is 1.93. The van der Waals surface area contributed by atoms with E-state index in [1.165, 1.54) is 0 Å². The molecular weight excluding hydrogens is 318 g/mol. The van der Waals surface area contributed by atoms with Crippen LogP contribution >= 0.6 is 0 Å². The number of carbonyl (C=O) groups is 3. The van der Waals surface area contributed by atoms with Crippen LogP contribution in [0.2, 0.25) is 0 Å². The Morgan fingerprint density at radius 2 is 1.76 bits per heavy atom. The van der Waals surface area contributed by atoms with Crippen molar-refractivity contribution in [3.05, 3.63) is 42.0 Å². The molecule has 1 aliphatic carbocycles. The smallest absolute Gasteiger partial charge is 0.309 e. The molecule has 0 saturated carbocycles. The molecule has 0 spiro atoms. The first kappa shape index (κ1) is 18.9. The Morgan fingerprint density at radius 3 is 2.32 bits per heavy atom. The molecule has 1 amide bonds. The zero-order valence-electron chi connectivity index (χ0n) is 15.0. The molecule has 0 heterocycles. The van der Waals surface area contributed by atoms with E-state index in [1.807, 2.05) is 19.9 Å². The largest absolute Gasteiger partial charge is 0.454 e. The van der Waals surface area contributed by atoms with Crippen LogP contribution in [0.15, 0.2) is 36.4 Å². The van der Waals surface area contributed by atoms with E-state index in [2.05, 4.69) is 11.4 Å². The highest BCUT2D eigenvalue weighted by Crippen LogP contribution is 2.21. The van der Waals surface area contributed by atoms with Gasteiger partial charge >= 0.3 is 5.97 Å². The number of allylic oxidation sites excluding steroid dienone is 2. The number of ketones is 1. The summed E-state index contributed by atoms with van der Waals surface area (Å²) in [6.07, 6.45) is 5.51. The van der Waals surface area contributed by atoms with Crippen molar-refractivity contribution in [1.29, 1.82) is 0 Å². The van der Waals surface area contributed by atoms with E-state index >= 15 is 0 Å². The van der Waals surface area contributed by atoms with Gasteiger partial charge < -0.3 is 10.1 Å². The number of amides is 1. The van der Waals surface area contributed by atoms with Crippen LogP contribution in [0.4, 0.5) is 5.69 Å². The molecule has 1 aromatic carbocycles. The second-order valence-electron chi connectivity index (χ2n) is 6.65. The van der Waals surface area contributed by atoms with Crippen LogP contribution in [0.3, 0.4) is 0 Å². The number of hydrogen-bond donors (Lipinski definition) is 1. The predicted octanol–water partition coefficient (Wildman–Crippen LogP) is 3.75. The number of rotatable bonds is 6. The van der Waals surface area contributed by atoms with Crippen molar-refractivity contribution in [2.45, 2.75) is 46.1 Å². The molecule has 0 fully saturated rings. The molecule has 0 radical (unpaired) electrons. The van der Waals surface area contributed by atoms with Gasteiger partial charge in [0.2, 0.25) is 11.7 Å². The predicted molar refractivity (Wildman–Crippen MR) is 96.3 cm³/mol. The van der Waals surface area contributed by atoms with Gasteiger partial charge in [0.25, 0.3) is 0 Å². The molecule has 134 valence electrons. The van der Waals surface area contributed by atoms with Crippen LogP contribution in [0.5, 0.6) is 0 Å². The van der Waals surface area contributed by atoms with E-state index < -0.39 is 6.10 Å². The third kappa shape index (κ3) is 5.28. The van der Waals surface area contributed by atoms with Crippen molar-refractivity contribution in [2.24, 2.45) is 11.8 Å². The van der Waals surface area contributed by atoms with Crippen molar-refractivity contribution in [3.8, 4) is 0 Å². The number of hydrogen-bond acceptors (Lipinski definition) is 4. The van der Waals surface area contributed by atoms with Gasteiger partial charge in [0.1, 0.15) is 0 Å².